The topological polar surface area (TPSA) is 70.6 Å². The monoisotopic (exact) mass is 314 g/mol. The van der Waals surface area contributed by atoms with Gasteiger partial charge in [-0.25, -0.2) is 0 Å². The molecule has 0 unspecified atom stereocenters. The highest BCUT2D eigenvalue weighted by molar-refractivity contribution is 5.81. The highest BCUT2D eigenvalue weighted by atomic mass is 16.5. The number of benzene rings is 2. The average Bonchev–Trinajstić information content (AvgIpc) is 2.62. The number of nitrogens with one attached hydrogen (secondary N) is 2. The normalized spacial score (nSPS) is 11.7. The summed E-state index contributed by atoms with van der Waals surface area (Å²) in [5, 5.41) is 14.7. The van der Waals surface area contributed by atoms with E-state index in [1.165, 1.54) is 0 Å². The van der Waals surface area contributed by atoms with E-state index in [-0.39, 0.29) is 12.5 Å². The number of hydrogen-bond donors (Lipinski definition) is 3. The van der Waals surface area contributed by atoms with Crippen molar-refractivity contribution in [3.8, 4) is 5.75 Å². The average molecular weight is 314 g/mol. The second-order valence-electron chi connectivity index (χ2n) is 5.15. The smallest absolute Gasteiger partial charge is 0.239 e. The number of rotatable bonds is 8. The van der Waals surface area contributed by atoms with Crippen molar-refractivity contribution in [1.29, 1.82) is 0 Å². The first-order valence-corrected chi connectivity index (χ1v) is 7.54. The molecule has 0 saturated carbocycles. The van der Waals surface area contributed by atoms with Crippen LogP contribution in [0.25, 0.3) is 0 Å². The van der Waals surface area contributed by atoms with E-state index in [9.17, 15) is 9.90 Å². The number of carbonyl (C=O) groups is 1. The lowest BCUT2D eigenvalue weighted by Crippen LogP contribution is -2.44. The summed E-state index contributed by atoms with van der Waals surface area (Å²) in [6.07, 6.45) is 0. The minimum absolute atomic E-state index is 0.227. The number of ether oxygens (including phenoxy) is 1. The van der Waals surface area contributed by atoms with Crippen LogP contribution in [0.5, 0.6) is 5.75 Å². The van der Waals surface area contributed by atoms with Crippen LogP contribution in [-0.2, 0) is 17.9 Å². The quantitative estimate of drug-likeness (QED) is 0.690. The van der Waals surface area contributed by atoms with E-state index < -0.39 is 6.04 Å². The maximum absolute atomic E-state index is 11.5. The van der Waals surface area contributed by atoms with Crippen LogP contribution >= 0.6 is 0 Å². The Bertz CT molecular complexity index is 599. The number of carbonyl (C=O) groups excluding carboxylic acids is 1. The highest BCUT2D eigenvalue weighted by Crippen LogP contribution is 2.14. The van der Waals surface area contributed by atoms with Crippen LogP contribution in [0.3, 0.4) is 0 Å². The molecule has 0 fully saturated rings. The Morgan fingerprint density at radius 2 is 1.78 bits per heavy atom. The zero-order valence-corrected chi connectivity index (χ0v) is 13.2. The SMILES string of the molecule is CNC(=O)[C@@H](CO)NCc1ccc(OCc2ccccc2)cc1. The maximum Gasteiger partial charge on any atom is 0.239 e. The summed E-state index contributed by atoms with van der Waals surface area (Å²) in [6, 6.07) is 17.0. The summed E-state index contributed by atoms with van der Waals surface area (Å²) >= 11 is 0. The third-order valence-corrected chi connectivity index (χ3v) is 3.47. The number of aliphatic hydroxyl groups is 1. The molecule has 2 aromatic carbocycles. The first-order chi connectivity index (χ1) is 11.2. The molecule has 3 N–H and O–H groups in total. The summed E-state index contributed by atoms with van der Waals surface area (Å²) in [4.78, 5) is 11.5. The van der Waals surface area contributed by atoms with Crippen molar-refractivity contribution in [1.82, 2.24) is 10.6 Å². The number of hydrogen-bond acceptors (Lipinski definition) is 4. The van der Waals surface area contributed by atoms with E-state index in [2.05, 4.69) is 10.6 Å². The minimum atomic E-state index is -0.603. The molecule has 0 bridgehead atoms. The molecule has 0 spiro atoms. The molecule has 2 aromatic rings. The van der Waals surface area contributed by atoms with E-state index in [1.807, 2.05) is 54.6 Å². The molecule has 1 atom stereocenters. The molecule has 2 rings (SSSR count). The van der Waals surface area contributed by atoms with E-state index in [0.29, 0.717) is 13.2 Å². The molecule has 1 amide bonds. The van der Waals surface area contributed by atoms with Gasteiger partial charge in [0, 0.05) is 13.6 Å². The van der Waals surface area contributed by atoms with Crippen LogP contribution in [0.4, 0.5) is 0 Å². The molecular formula is C18H22N2O3. The van der Waals surface area contributed by atoms with Gasteiger partial charge in [-0.1, -0.05) is 42.5 Å². The van der Waals surface area contributed by atoms with Gasteiger partial charge in [0.15, 0.2) is 0 Å². The molecule has 0 saturated heterocycles. The fraction of sp³-hybridized carbons (Fsp3) is 0.278. The van der Waals surface area contributed by atoms with Gasteiger partial charge in [0.25, 0.3) is 0 Å². The largest absolute Gasteiger partial charge is 0.489 e. The van der Waals surface area contributed by atoms with Crippen LogP contribution in [0.1, 0.15) is 11.1 Å². The Hall–Kier alpha value is -2.37. The molecule has 0 aliphatic rings. The zero-order chi connectivity index (χ0) is 16.5. The summed E-state index contributed by atoms with van der Waals surface area (Å²) < 4.78 is 5.72. The second kappa shape index (κ2) is 8.92. The first-order valence-electron chi connectivity index (χ1n) is 7.54. The fourth-order valence-corrected chi connectivity index (χ4v) is 2.10. The molecule has 5 heteroatoms. The van der Waals surface area contributed by atoms with Crippen molar-refractivity contribution in [2.24, 2.45) is 0 Å². The number of aliphatic hydroxyl groups excluding tert-OH is 1. The van der Waals surface area contributed by atoms with Crippen molar-refractivity contribution in [3.05, 3.63) is 65.7 Å². The van der Waals surface area contributed by atoms with Crippen molar-refractivity contribution >= 4 is 5.91 Å². The van der Waals surface area contributed by atoms with Gasteiger partial charge in [-0.05, 0) is 23.3 Å². The van der Waals surface area contributed by atoms with Gasteiger partial charge in [0.1, 0.15) is 18.4 Å². The molecule has 122 valence electrons. The van der Waals surface area contributed by atoms with Gasteiger partial charge in [0.05, 0.1) is 6.61 Å². The van der Waals surface area contributed by atoms with E-state index in [4.69, 9.17) is 4.74 Å². The van der Waals surface area contributed by atoms with Crippen LogP contribution in [0, 0.1) is 0 Å². The lowest BCUT2D eigenvalue weighted by Gasteiger charge is -2.14. The highest BCUT2D eigenvalue weighted by Gasteiger charge is 2.14. The molecule has 0 aromatic heterocycles. The Kier molecular flexibility index (Phi) is 6.59. The van der Waals surface area contributed by atoms with E-state index in [0.717, 1.165) is 16.9 Å². The van der Waals surface area contributed by atoms with Gasteiger partial charge < -0.3 is 15.2 Å². The zero-order valence-electron chi connectivity index (χ0n) is 13.2. The third-order valence-electron chi connectivity index (χ3n) is 3.47. The van der Waals surface area contributed by atoms with Crippen LogP contribution in [0.2, 0.25) is 0 Å². The van der Waals surface area contributed by atoms with E-state index >= 15 is 0 Å². The summed E-state index contributed by atoms with van der Waals surface area (Å²) in [6.45, 7) is 0.789. The van der Waals surface area contributed by atoms with Crippen LogP contribution in [-0.4, -0.2) is 30.7 Å². The number of likely N-dealkylation sites (N-methyl/N-ethyl adjacent to an activating group) is 1. The first kappa shape index (κ1) is 17.0. The number of amides is 1. The van der Waals surface area contributed by atoms with E-state index in [1.54, 1.807) is 7.05 Å². The van der Waals surface area contributed by atoms with Gasteiger partial charge in [0.2, 0.25) is 5.91 Å². The van der Waals surface area contributed by atoms with Crippen molar-refractivity contribution in [3.63, 3.8) is 0 Å². The molecule has 5 nitrogen and oxygen atoms in total. The van der Waals surface area contributed by atoms with Crippen molar-refractivity contribution < 1.29 is 14.6 Å². The summed E-state index contributed by atoms with van der Waals surface area (Å²) in [5.74, 6) is 0.568. The Morgan fingerprint density at radius 1 is 1.09 bits per heavy atom. The van der Waals surface area contributed by atoms with Crippen LogP contribution in [0.15, 0.2) is 54.6 Å². The Morgan fingerprint density at radius 3 is 2.39 bits per heavy atom. The molecular weight excluding hydrogens is 292 g/mol. The standard InChI is InChI=1S/C18H22N2O3/c1-19-18(22)17(12-21)20-11-14-7-9-16(10-8-14)23-13-15-5-3-2-4-6-15/h2-10,17,20-21H,11-13H2,1H3,(H,19,22)/t17-/m1/s1. The maximum atomic E-state index is 11.5. The third kappa shape index (κ3) is 5.39. The second-order valence-corrected chi connectivity index (χ2v) is 5.15. The molecule has 0 radical (unpaired) electrons. The lowest BCUT2D eigenvalue weighted by molar-refractivity contribution is -0.123. The van der Waals surface area contributed by atoms with Gasteiger partial charge in [-0.15, -0.1) is 0 Å². The van der Waals surface area contributed by atoms with Gasteiger partial charge in [-0.2, -0.15) is 0 Å². The molecule has 0 heterocycles. The van der Waals surface area contributed by atoms with Gasteiger partial charge in [-0.3, -0.25) is 10.1 Å². The Balaban J connectivity index is 1.83. The molecule has 0 aliphatic carbocycles. The molecule has 23 heavy (non-hydrogen) atoms. The van der Waals surface area contributed by atoms with Gasteiger partial charge >= 0.3 is 0 Å². The summed E-state index contributed by atoms with van der Waals surface area (Å²) in [7, 11) is 1.55. The lowest BCUT2D eigenvalue weighted by atomic mass is 10.2. The fourth-order valence-electron chi connectivity index (χ4n) is 2.10. The predicted molar refractivity (Wildman–Crippen MR) is 89.0 cm³/mol. The predicted octanol–water partition coefficient (Wildman–Crippen LogP) is 1.46. The van der Waals surface area contributed by atoms with Crippen molar-refractivity contribution in [2.75, 3.05) is 13.7 Å². The minimum Gasteiger partial charge on any atom is -0.489 e. The Labute approximate surface area is 136 Å². The van der Waals surface area contributed by atoms with Crippen LogP contribution < -0.4 is 15.4 Å². The summed E-state index contributed by atoms with van der Waals surface area (Å²) in [5.41, 5.74) is 2.13. The van der Waals surface area contributed by atoms with Crippen molar-refractivity contribution in [2.45, 2.75) is 19.2 Å². The molecule has 0 aliphatic heterocycles.